The number of furan rings is 1. The third kappa shape index (κ3) is 6.61. The van der Waals surface area contributed by atoms with Crippen LogP contribution in [0.5, 0.6) is 0 Å². The first-order chi connectivity index (χ1) is 12.5. The lowest BCUT2D eigenvalue weighted by Gasteiger charge is -2.15. The molecular formula is C18H22Cl2N4O2. The number of amides is 1. The van der Waals surface area contributed by atoms with Gasteiger partial charge in [-0.25, -0.2) is 4.99 Å². The minimum absolute atomic E-state index is 0.0462. The van der Waals surface area contributed by atoms with E-state index in [0.717, 1.165) is 11.3 Å². The maximum absolute atomic E-state index is 11.8. The van der Waals surface area contributed by atoms with Crippen molar-refractivity contribution in [1.82, 2.24) is 15.5 Å². The normalized spacial score (nSPS) is 11.3. The van der Waals surface area contributed by atoms with Crippen LogP contribution < -0.4 is 10.6 Å². The summed E-state index contributed by atoms with van der Waals surface area (Å²) in [5.41, 5.74) is 0.849. The minimum atomic E-state index is -0.0462. The smallest absolute Gasteiger partial charge is 0.241 e. The van der Waals surface area contributed by atoms with Gasteiger partial charge in [-0.05, 0) is 29.8 Å². The second-order valence-electron chi connectivity index (χ2n) is 5.80. The van der Waals surface area contributed by atoms with Crippen molar-refractivity contribution in [2.24, 2.45) is 4.99 Å². The lowest BCUT2D eigenvalue weighted by molar-refractivity contribution is -0.127. The molecule has 26 heavy (non-hydrogen) atoms. The Morgan fingerprint density at radius 3 is 2.69 bits per heavy atom. The predicted octanol–water partition coefficient (Wildman–Crippen LogP) is 2.95. The van der Waals surface area contributed by atoms with Crippen LogP contribution in [-0.2, 0) is 17.8 Å². The number of halogens is 2. The molecule has 1 aromatic carbocycles. The second-order valence-corrected chi connectivity index (χ2v) is 6.64. The number of rotatable bonds is 7. The van der Waals surface area contributed by atoms with E-state index in [2.05, 4.69) is 15.6 Å². The van der Waals surface area contributed by atoms with Crippen LogP contribution in [0.15, 0.2) is 46.0 Å². The number of benzene rings is 1. The lowest BCUT2D eigenvalue weighted by atomic mass is 10.2. The molecule has 0 saturated carbocycles. The molecule has 1 heterocycles. The SMILES string of the molecule is CN(C)C(=O)CNC(=NCc1ccc(Cl)cc1Cl)NCCc1ccco1. The molecule has 0 aliphatic carbocycles. The predicted molar refractivity (Wildman–Crippen MR) is 105 cm³/mol. The average molecular weight is 397 g/mol. The Morgan fingerprint density at radius 1 is 1.23 bits per heavy atom. The third-order valence-electron chi connectivity index (χ3n) is 3.57. The minimum Gasteiger partial charge on any atom is -0.469 e. The van der Waals surface area contributed by atoms with Gasteiger partial charge in [0.15, 0.2) is 5.96 Å². The van der Waals surface area contributed by atoms with Crippen molar-refractivity contribution in [3.63, 3.8) is 0 Å². The topological polar surface area (TPSA) is 69.9 Å². The van der Waals surface area contributed by atoms with Crippen molar-refractivity contribution < 1.29 is 9.21 Å². The molecule has 1 aromatic heterocycles. The zero-order valence-electron chi connectivity index (χ0n) is 14.8. The van der Waals surface area contributed by atoms with Gasteiger partial charge in [0, 0.05) is 37.1 Å². The molecule has 0 saturated heterocycles. The number of hydrogen-bond donors (Lipinski definition) is 2. The van der Waals surface area contributed by atoms with Crippen LogP contribution in [0.4, 0.5) is 0 Å². The van der Waals surface area contributed by atoms with Crippen LogP contribution in [0.25, 0.3) is 0 Å². The number of nitrogens with zero attached hydrogens (tertiary/aromatic N) is 2. The van der Waals surface area contributed by atoms with Gasteiger partial charge >= 0.3 is 0 Å². The van der Waals surface area contributed by atoms with Gasteiger partial charge < -0.3 is 20.0 Å². The first kappa shape index (κ1) is 20.1. The second kappa shape index (κ2) is 10.1. The first-order valence-electron chi connectivity index (χ1n) is 8.14. The van der Waals surface area contributed by atoms with Crippen molar-refractivity contribution in [2.75, 3.05) is 27.2 Å². The summed E-state index contributed by atoms with van der Waals surface area (Å²) >= 11 is 12.1. The summed E-state index contributed by atoms with van der Waals surface area (Å²) in [5, 5.41) is 7.36. The lowest BCUT2D eigenvalue weighted by Crippen LogP contribution is -2.43. The Balaban J connectivity index is 1.98. The average Bonchev–Trinajstić information content (AvgIpc) is 3.11. The van der Waals surface area contributed by atoms with E-state index >= 15 is 0 Å². The zero-order chi connectivity index (χ0) is 18.9. The van der Waals surface area contributed by atoms with E-state index in [0.29, 0.717) is 35.5 Å². The molecule has 0 atom stereocenters. The molecule has 0 bridgehead atoms. The summed E-state index contributed by atoms with van der Waals surface area (Å²) in [7, 11) is 3.41. The van der Waals surface area contributed by atoms with E-state index in [-0.39, 0.29) is 12.5 Å². The number of likely N-dealkylation sites (N-methyl/N-ethyl adjacent to an activating group) is 1. The Hall–Kier alpha value is -2.18. The molecule has 8 heteroatoms. The van der Waals surface area contributed by atoms with E-state index in [4.69, 9.17) is 27.6 Å². The molecule has 0 unspecified atom stereocenters. The number of hydrogen-bond acceptors (Lipinski definition) is 3. The fourth-order valence-electron chi connectivity index (χ4n) is 2.06. The summed E-state index contributed by atoms with van der Waals surface area (Å²) in [6.45, 7) is 1.13. The summed E-state index contributed by atoms with van der Waals surface area (Å²) in [6, 6.07) is 9.04. The van der Waals surface area contributed by atoms with E-state index in [1.54, 1.807) is 32.5 Å². The van der Waals surface area contributed by atoms with Gasteiger partial charge in [-0.1, -0.05) is 29.3 Å². The molecule has 2 N–H and O–H groups in total. The maximum Gasteiger partial charge on any atom is 0.241 e. The van der Waals surface area contributed by atoms with Crippen LogP contribution in [0.2, 0.25) is 10.0 Å². The van der Waals surface area contributed by atoms with E-state index < -0.39 is 0 Å². The van der Waals surface area contributed by atoms with Crippen molar-refractivity contribution in [1.29, 1.82) is 0 Å². The van der Waals surface area contributed by atoms with Crippen molar-refractivity contribution >= 4 is 35.1 Å². The summed E-state index contributed by atoms with van der Waals surface area (Å²) < 4.78 is 5.31. The highest BCUT2D eigenvalue weighted by molar-refractivity contribution is 6.35. The molecule has 0 aliphatic rings. The number of aliphatic imine (C=N–C) groups is 1. The van der Waals surface area contributed by atoms with Gasteiger partial charge in [-0.3, -0.25) is 4.79 Å². The maximum atomic E-state index is 11.8. The summed E-state index contributed by atoms with van der Waals surface area (Å²) in [5.74, 6) is 1.36. The zero-order valence-corrected chi connectivity index (χ0v) is 16.3. The Labute approximate surface area is 163 Å². The van der Waals surface area contributed by atoms with Crippen LogP contribution in [-0.4, -0.2) is 44.0 Å². The molecule has 2 rings (SSSR count). The van der Waals surface area contributed by atoms with E-state index in [9.17, 15) is 4.79 Å². The van der Waals surface area contributed by atoms with Crippen molar-refractivity contribution in [3.05, 3.63) is 58.0 Å². The molecule has 0 spiro atoms. The summed E-state index contributed by atoms with van der Waals surface area (Å²) in [4.78, 5) is 17.8. The molecule has 140 valence electrons. The third-order valence-corrected chi connectivity index (χ3v) is 4.16. The quantitative estimate of drug-likeness (QED) is 0.557. The van der Waals surface area contributed by atoms with E-state index in [1.807, 2.05) is 18.2 Å². The molecule has 0 fully saturated rings. The fourth-order valence-corrected chi connectivity index (χ4v) is 2.53. The highest BCUT2D eigenvalue weighted by Gasteiger charge is 2.07. The fraction of sp³-hybridized carbons (Fsp3) is 0.333. The highest BCUT2D eigenvalue weighted by Crippen LogP contribution is 2.21. The van der Waals surface area contributed by atoms with Gasteiger partial charge in [-0.15, -0.1) is 0 Å². The van der Waals surface area contributed by atoms with Crippen LogP contribution >= 0.6 is 23.2 Å². The first-order valence-corrected chi connectivity index (χ1v) is 8.90. The number of guanidine groups is 1. The van der Waals surface area contributed by atoms with Crippen LogP contribution in [0.1, 0.15) is 11.3 Å². The number of carbonyl (C=O) groups excluding carboxylic acids is 1. The van der Waals surface area contributed by atoms with E-state index in [1.165, 1.54) is 4.90 Å². The highest BCUT2D eigenvalue weighted by atomic mass is 35.5. The van der Waals surface area contributed by atoms with Gasteiger partial charge in [0.25, 0.3) is 0 Å². The van der Waals surface area contributed by atoms with Gasteiger partial charge in [0.05, 0.1) is 19.4 Å². The summed E-state index contributed by atoms with van der Waals surface area (Å²) in [6.07, 6.45) is 2.35. The molecule has 2 aromatic rings. The molecular weight excluding hydrogens is 375 g/mol. The van der Waals surface area contributed by atoms with Crippen molar-refractivity contribution in [2.45, 2.75) is 13.0 Å². The largest absolute Gasteiger partial charge is 0.469 e. The number of nitrogens with one attached hydrogen (secondary N) is 2. The Morgan fingerprint density at radius 2 is 2.04 bits per heavy atom. The van der Waals surface area contributed by atoms with Gasteiger partial charge in [-0.2, -0.15) is 0 Å². The van der Waals surface area contributed by atoms with Gasteiger partial charge in [0.1, 0.15) is 5.76 Å². The molecule has 6 nitrogen and oxygen atoms in total. The molecule has 0 aliphatic heterocycles. The Bertz CT molecular complexity index is 746. The van der Waals surface area contributed by atoms with Crippen molar-refractivity contribution in [3.8, 4) is 0 Å². The molecule has 1 amide bonds. The van der Waals surface area contributed by atoms with Crippen LogP contribution in [0.3, 0.4) is 0 Å². The van der Waals surface area contributed by atoms with Crippen LogP contribution in [0, 0.1) is 0 Å². The number of carbonyl (C=O) groups is 1. The standard InChI is InChI=1S/C18H22Cl2N4O2/c1-24(2)17(25)12-23-18(21-8-7-15-4-3-9-26-15)22-11-13-5-6-14(19)10-16(13)20/h3-6,9-10H,7-8,11-12H2,1-2H3,(H2,21,22,23). The molecule has 0 radical (unpaired) electrons. The Kier molecular flexibility index (Phi) is 7.81. The van der Waals surface area contributed by atoms with Gasteiger partial charge in [0.2, 0.25) is 5.91 Å². The monoisotopic (exact) mass is 396 g/mol.